The molecule has 0 aliphatic carbocycles. The molecular weight excluding hydrogens is 398 g/mol. The minimum Gasteiger partial charge on any atom is -0.497 e. The predicted molar refractivity (Wildman–Crippen MR) is 114 cm³/mol. The Balaban J connectivity index is 1.69. The molecule has 0 radical (unpaired) electrons. The highest BCUT2D eigenvalue weighted by atomic mass is 16.5. The molecule has 160 valence electrons. The van der Waals surface area contributed by atoms with Crippen LogP contribution in [0.15, 0.2) is 39.3 Å². The number of nitrogens with one attached hydrogen (secondary N) is 1. The van der Waals surface area contributed by atoms with E-state index in [9.17, 15) is 4.79 Å². The topological polar surface area (TPSA) is 99.6 Å². The Hall–Kier alpha value is -3.81. The Morgan fingerprint density at radius 3 is 2.35 bits per heavy atom. The first-order valence-electron chi connectivity index (χ1n) is 9.74. The number of nitrogens with zero attached hydrogens (tertiary/aromatic N) is 2. The highest BCUT2D eigenvalue weighted by Gasteiger charge is 2.21. The lowest BCUT2D eigenvalue weighted by molar-refractivity contribution is 0.0952. The molecule has 4 rings (SSSR count). The average Bonchev–Trinajstić information content (AvgIpc) is 3.32. The summed E-state index contributed by atoms with van der Waals surface area (Å²) in [5.41, 5.74) is 3.58. The van der Waals surface area contributed by atoms with Crippen LogP contribution in [0.5, 0.6) is 11.5 Å². The second-order valence-electron chi connectivity index (χ2n) is 7.23. The maximum Gasteiger partial charge on any atom is 0.259 e. The van der Waals surface area contributed by atoms with Crippen molar-refractivity contribution < 1.29 is 23.2 Å². The molecule has 1 N–H and O–H groups in total. The van der Waals surface area contributed by atoms with Crippen LogP contribution in [0, 0.1) is 20.8 Å². The van der Waals surface area contributed by atoms with Crippen LogP contribution in [-0.4, -0.2) is 30.3 Å². The minimum atomic E-state index is -0.264. The van der Waals surface area contributed by atoms with Gasteiger partial charge in [-0.05, 0) is 50.6 Å². The lowest BCUT2D eigenvalue weighted by atomic mass is 10.1. The molecule has 31 heavy (non-hydrogen) atoms. The number of aryl methyl sites for hydroxylation is 3. The Kier molecular flexibility index (Phi) is 5.37. The summed E-state index contributed by atoms with van der Waals surface area (Å²) >= 11 is 0. The third kappa shape index (κ3) is 3.96. The monoisotopic (exact) mass is 421 g/mol. The first-order valence-corrected chi connectivity index (χ1v) is 9.74. The maximum atomic E-state index is 13.2. The van der Waals surface area contributed by atoms with Crippen molar-refractivity contribution in [3.8, 4) is 22.8 Å². The van der Waals surface area contributed by atoms with Gasteiger partial charge in [0.05, 0.1) is 36.6 Å². The quantitative estimate of drug-likeness (QED) is 0.494. The Labute approximate surface area is 179 Å². The fourth-order valence-electron chi connectivity index (χ4n) is 3.54. The molecule has 0 aliphatic rings. The third-order valence-corrected chi connectivity index (χ3v) is 5.04. The van der Waals surface area contributed by atoms with Gasteiger partial charge in [-0.3, -0.25) is 4.79 Å². The number of methoxy groups -OCH3 is 2. The van der Waals surface area contributed by atoms with Crippen LogP contribution in [0.2, 0.25) is 0 Å². The van der Waals surface area contributed by atoms with Gasteiger partial charge in [0.1, 0.15) is 23.0 Å². The van der Waals surface area contributed by atoms with Crippen molar-refractivity contribution in [1.29, 1.82) is 0 Å². The van der Waals surface area contributed by atoms with E-state index in [1.807, 2.05) is 32.0 Å². The molecule has 0 saturated heterocycles. The molecule has 0 unspecified atom stereocenters. The second kappa shape index (κ2) is 8.14. The smallest absolute Gasteiger partial charge is 0.259 e. The molecule has 0 atom stereocenters. The Bertz CT molecular complexity index is 1250. The summed E-state index contributed by atoms with van der Waals surface area (Å²) in [6.07, 6.45) is 0. The Morgan fingerprint density at radius 2 is 1.74 bits per heavy atom. The number of hydrogen-bond acceptors (Lipinski definition) is 7. The highest BCUT2D eigenvalue weighted by molar-refractivity contribution is 6.07. The fraction of sp³-hybridized carbons (Fsp3) is 0.261. The molecule has 0 fully saturated rings. The number of hydrogen-bond donors (Lipinski definition) is 1. The molecule has 3 aromatic heterocycles. The van der Waals surface area contributed by atoms with Gasteiger partial charge in [-0.25, -0.2) is 4.98 Å². The SMILES string of the molecule is COc1cc(CNC(=O)c2cc(-c3cc(C)oc3C)nc3onc(C)c23)cc(OC)c1. The molecule has 1 amide bonds. The van der Waals surface area contributed by atoms with E-state index in [0.717, 1.165) is 22.6 Å². The van der Waals surface area contributed by atoms with Crippen LogP contribution < -0.4 is 14.8 Å². The molecular formula is C23H23N3O5. The van der Waals surface area contributed by atoms with Crippen LogP contribution in [0.1, 0.15) is 33.1 Å². The summed E-state index contributed by atoms with van der Waals surface area (Å²) in [5.74, 6) is 2.52. The summed E-state index contributed by atoms with van der Waals surface area (Å²) in [4.78, 5) is 17.7. The molecule has 3 heterocycles. The van der Waals surface area contributed by atoms with Gasteiger partial charge in [-0.15, -0.1) is 0 Å². The fourth-order valence-corrected chi connectivity index (χ4v) is 3.54. The molecule has 0 spiro atoms. The number of carbonyl (C=O) groups is 1. The third-order valence-electron chi connectivity index (χ3n) is 5.04. The van der Waals surface area contributed by atoms with E-state index in [4.69, 9.17) is 18.4 Å². The number of fused-ring (bicyclic) bond motifs is 1. The average molecular weight is 421 g/mol. The summed E-state index contributed by atoms with van der Waals surface area (Å²) in [5, 5.41) is 7.53. The van der Waals surface area contributed by atoms with Gasteiger partial charge in [-0.2, -0.15) is 0 Å². The van der Waals surface area contributed by atoms with Crippen LogP contribution in [0.3, 0.4) is 0 Å². The van der Waals surface area contributed by atoms with E-state index in [1.165, 1.54) is 0 Å². The van der Waals surface area contributed by atoms with E-state index < -0.39 is 0 Å². The zero-order chi connectivity index (χ0) is 22.1. The highest BCUT2D eigenvalue weighted by Crippen LogP contribution is 2.30. The second-order valence-corrected chi connectivity index (χ2v) is 7.23. The van der Waals surface area contributed by atoms with Gasteiger partial charge < -0.3 is 23.7 Å². The zero-order valence-corrected chi connectivity index (χ0v) is 18.0. The van der Waals surface area contributed by atoms with Crippen molar-refractivity contribution in [1.82, 2.24) is 15.5 Å². The number of furan rings is 1. The van der Waals surface area contributed by atoms with Crippen molar-refractivity contribution in [2.24, 2.45) is 0 Å². The van der Waals surface area contributed by atoms with Crippen LogP contribution in [0.4, 0.5) is 0 Å². The largest absolute Gasteiger partial charge is 0.497 e. The summed E-state index contributed by atoms with van der Waals surface area (Å²) < 4.78 is 21.6. The number of benzene rings is 1. The van der Waals surface area contributed by atoms with Crippen LogP contribution in [-0.2, 0) is 6.54 Å². The normalized spacial score (nSPS) is 11.0. The number of ether oxygens (including phenoxy) is 2. The summed E-state index contributed by atoms with van der Waals surface area (Å²) in [7, 11) is 3.17. The van der Waals surface area contributed by atoms with Gasteiger partial charge in [0.25, 0.3) is 11.6 Å². The van der Waals surface area contributed by atoms with Gasteiger partial charge in [0.15, 0.2) is 0 Å². The van der Waals surface area contributed by atoms with Gasteiger partial charge in [0.2, 0.25) is 0 Å². The van der Waals surface area contributed by atoms with Gasteiger partial charge in [0, 0.05) is 18.2 Å². The molecule has 0 aliphatic heterocycles. The minimum absolute atomic E-state index is 0.264. The molecule has 1 aromatic carbocycles. The molecule has 0 bridgehead atoms. The zero-order valence-electron chi connectivity index (χ0n) is 18.0. The van der Waals surface area contributed by atoms with Crippen molar-refractivity contribution >= 4 is 17.0 Å². The number of pyridine rings is 1. The van der Waals surface area contributed by atoms with Crippen molar-refractivity contribution in [3.05, 3.63) is 58.7 Å². The standard InChI is InChI=1S/C23H23N3O5/c1-12-6-18(14(3)30-12)20-10-19(21-13(2)26-31-23(21)25-20)22(27)24-11-15-7-16(28-4)9-17(8-15)29-5/h6-10H,11H2,1-5H3,(H,24,27). The van der Waals surface area contributed by atoms with E-state index >= 15 is 0 Å². The van der Waals surface area contributed by atoms with E-state index in [-0.39, 0.29) is 5.91 Å². The van der Waals surface area contributed by atoms with Gasteiger partial charge >= 0.3 is 0 Å². The van der Waals surface area contributed by atoms with Crippen molar-refractivity contribution in [2.45, 2.75) is 27.3 Å². The lowest BCUT2D eigenvalue weighted by Crippen LogP contribution is -2.23. The van der Waals surface area contributed by atoms with E-state index in [0.29, 0.717) is 46.1 Å². The van der Waals surface area contributed by atoms with Crippen molar-refractivity contribution in [3.63, 3.8) is 0 Å². The Morgan fingerprint density at radius 1 is 1.03 bits per heavy atom. The van der Waals surface area contributed by atoms with Gasteiger partial charge in [-0.1, -0.05) is 5.16 Å². The number of rotatable bonds is 6. The maximum absolute atomic E-state index is 13.2. The molecule has 8 heteroatoms. The molecule has 0 saturated carbocycles. The summed E-state index contributed by atoms with van der Waals surface area (Å²) in [6.45, 7) is 5.79. The number of aromatic nitrogens is 2. The lowest BCUT2D eigenvalue weighted by Gasteiger charge is -2.11. The first-order chi connectivity index (χ1) is 14.9. The van der Waals surface area contributed by atoms with Crippen LogP contribution >= 0.6 is 0 Å². The molecule has 8 nitrogen and oxygen atoms in total. The number of carbonyl (C=O) groups excluding carboxylic acids is 1. The summed E-state index contributed by atoms with van der Waals surface area (Å²) in [6, 6.07) is 9.10. The molecule has 4 aromatic rings. The number of amides is 1. The van der Waals surface area contributed by atoms with Crippen molar-refractivity contribution in [2.75, 3.05) is 14.2 Å². The van der Waals surface area contributed by atoms with Crippen LogP contribution in [0.25, 0.3) is 22.4 Å². The predicted octanol–water partition coefficient (Wildman–Crippen LogP) is 4.36. The van der Waals surface area contributed by atoms with E-state index in [1.54, 1.807) is 33.3 Å². The first kappa shape index (κ1) is 20.5. The van der Waals surface area contributed by atoms with E-state index in [2.05, 4.69) is 15.5 Å².